The Hall–Kier alpha value is -5.58. The Labute approximate surface area is 256 Å². The number of hydrogen-bond donors (Lipinski definition) is 0. The molecule has 1 fully saturated rings. The van der Waals surface area contributed by atoms with Crippen LogP contribution < -0.4 is 0 Å². The molecule has 0 radical (unpaired) electrons. The van der Waals surface area contributed by atoms with E-state index in [1.807, 2.05) is 0 Å². The van der Waals surface area contributed by atoms with Crippen molar-refractivity contribution in [2.75, 3.05) is 0 Å². The number of esters is 1. The van der Waals surface area contributed by atoms with E-state index in [1.165, 1.54) is 73.9 Å². The zero-order valence-electron chi connectivity index (χ0n) is 23.3. The number of nitrogens with zero attached hydrogens (tertiary/aromatic N) is 5. The summed E-state index contributed by atoms with van der Waals surface area (Å²) in [5.74, 6) is -2.42. The standard InChI is InChI=1S/C28H23N5O11S/c1-16(44-28(36)43-15-18-5-9-20(10-6-18)33(39)40)23-21-13-22(45(41)27-29-11-2-12-30-27)24(31(21)25(23)34)26(35)42-14-17-3-7-19(8-4-17)32(37)38/h2-12,16,21,23H,13-15H2,1H3. The van der Waals surface area contributed by atoms with Gasteiger partial charge in [0.1, 0.15) is 35.8 Å². The SMILES string of the molecule is CC(OC(=O)OCc1ccc([N+](=O)[O-])cc1)C1C(=O)N2C(C(=O)OCc3ccc([N+](=O)[O-])cc3)=C(S(=O)c3ncccn3)CC12. The number of rotatable bonds is 11. The van der Waals surface area contributed by atoms with Crippen LogP contribution in [0.5, 0.6) is 0 Å². The number of carbonyl (C=O) groups excluding carboxylic acids is 3. The Morgan fingerprint density at radius 1 is 0.956 bits per heavy atom. The number of benzene rings is 2. The molecule has 232 valence electrons. The van der Waals surface area contributed by atoms with Gasteiger partial charge in [-0.25, -0.2) is 23.8 Å². The summed E-state index contributed by atoms with van der Waals surface area (Å²) < 4.78 is 29.3. The highest BCUT2D eigenvalue weighted by Gasteiger charge is 2.59. The average Bonchev–Trinajstić information content (AvgIpc) is 3.38. The summed E-state index contributed by atoms with van der Waals surface area (Å²) >= 11 is 0. The highest BCUT2D eigenvalue weighted by molar-refractivity contribution is 7.88. The molecular formula is C28H23N5O11S. The minimum atomic E-state index is -2.04. The minimum absolute atomic E-state index is 0.0191. The van der Waals surface area contributed by atoms with Crippen LogP contribution in [0.15, 0.2) is 82.7 Å². The lowest BCUT2D eigenvalue weighted by molar-refractivity contribution is -0.385. The molecule has 1 amide bonds. The number of fused-ring (bicyclic) bond motifs is 1. The lowest BCUT2D eigenvalue weighted by Gasteiger charge is -2.45. The van der Waals surface area contributed by atoms with Crippen molar-refractivity contribution in [3.8, 4) is 0 Å². The molecule has 0 spiro atoms. The highest BCUT2D eigenvalue weighted by Crippen LogP contribution is 2.46. The van der Waals surface area contributed by atoms with Gasteiger partial charge in [0.15, 0.2) is 0 Å². The number of non-ortho nitro benzene ring substituents is 2. The van der Waals surface area contributed by atoms with Crippen LogP contribution in [0.3, 0.4) is 0 Å². The monoisotopic (exact) mass is 637 g/mol. The predicted octanol–water partition coefficient (Wildman–Crippen LogP) is 3.33. The van der Waals surface area contributed by atoms with E-state index in [1.54, 1.807) is 0 Å². The largest absolute Gasteiger partial charge is 0.508 e. The molecule has 0 saturated carbocycles. The van der Waals surface area contributed by atoms with E-state index in [0.717, 1.165) is 4.90 Å². The topological polar surface area (TPSA) is 211 Å². The number of hydrogen-bond acceptors (Lipinski definition) is 13. The quantitative estimate of drug-likeness (QED) is 0.0972. The number of nitro groups is 2. The number of β-lactam (4-membered cyclic amide) rings is 1. The second-order valence-corrected chi connectivity index (χ2v) is 11.3. The van der Waals surface area contributed by atoms with E-state index in [4.69, 9.17) is 14.2 Å². The van der Waals surface area contributed by atoms with E-state index in [0.29, 0.717) is 11.1 Å². The molecule has 3 aromatic rings. The van der Waals surface area contributed by atoms with Crippen LogP contribution in [0.25, 0.3) is 0 Å². The van der Waals surface area contributed by atoms with Crippen molar-refractivity contribution in [2.24, 2.45) is 5.92 Å². The summed E-state index contributed by atoms with van der Waals surface area (Å²) in [4.78, 5) is 68.8. The van der Waals surface area contributed by atoms with Crippen LogP contribution in [0.4, 0.5) is 16.2 Å². The second-order valence-electron chi connectivity index (χ2n) is 9.86. The van der Waals surface area contributed by atoms with Gasteiger partial charge in [0.2, 0.25) is 11.1 Å². The Bertz CT molecular complexity index is 1710. The summed E-state index contributed by atoms with van der Waals surface area (Å²) in [6.45, 7) is 0.970. The first-order valence-electron chi connectivity index (χ1n) is 13.3. The van der Waals surface area contributed by atoms with E-state index < -0.39 is 56.7 Å². The molecule has 5 rings (SSSR count). The summed E-state index contributed by atoms with van der Waals surface area (Å²) in [6.07, 6.45) is 0.658. The van der Waals surface area contributed by atoms with E-state index >= 15 is 0 Å². The van der Waals surface area contributed by atoms with Gasteiger partial charge >= 0.3 is 12.1 Å². The van der Waals surface area contributed by atoms with Gasteiger partial charge in [0, 0.05) is 43.1 Å². The number of nitro benzene ring substituents is 2. The first-order chi connectivity index (χ1) is 21.5. The molecule has 16 nitrogen and oxygen atoms in total. The minimum Gasteiger partial charge on any atom is -0.456 e. The lowest BCUT2D eigenvalue weighted by Crippen LogP contribution is -2.62. The molecule has 2 aliphatic heterocycles. The normalized spacial score (nSPS) is 18.3. The third-order valence-electron chi connectivity index (χ3n) is 7.10. The van der Waals surface area contributed by atoms with Crippen molar-refractivity contribution in [1.82, 2.24) is 14.9 Å². The maximum absolute atomic E-state index is 13.5. The molecule has 1 saturated heterocycles. The molecule has 3 heterocycles. The first-order valence-corrected chi connectivity index (χ1v) is 14.4. The Morgan fingerprint density at radius 2 is 1.49 bits per heavy atom. The fourth-order valence-corrected chi connectivity index (χ4v) is 6.12. The van der Waals surface area contributed by atoms with Crippen LogP contribution in [-0.2, 0) is 47.8 Å². The predicted molar refractivity (Wildman–Crippen MR) is 151 cm³/mol. The third kappa shape index (κ3) is 6.52. The molecule has 0 bridgehead atoms. The summed E-state index contributed by atoms with van der Waals surface area (Å²) in [7, 11) is -2.04. The maximum Gasteiger partial charge on any atom is 0.508 e. The van der Waals surface area contributed by atoms with E-state index in [-0.39, 0.29) is 46.8 Å². The van der Waals surface area contributed by atoms with Gasteiger partial charge in [-0.1, -0.05) is 0 Å². The summed E-state index contributed by atoms with van der Waals surface area (Å²) in [5.41, 5.74) is 0.419. The number of amides is 1. The maximum atomic E-state index is 13.5. The zero-order chi connectivity index (χ0) is 32.2. The lowest BCUT2D eigenvalue weighted by atomic mass is 9.83. The Kier molecular flexibility index (Phi) is 8.89. The Balaban J connectivity index is 1.27. The molecule has 17 heteroatoms. The second kappa shape index (κ2) is 13.0. The van der Waals surface area contributed by atoms with Crippen molar-refractivity contribution in [1.29, 1.82) is 0 Å². The molecule has 2 aromatic carbocycles. The van der Waals surface area contributed by atoms with Crippen molar-refractivity contribution in [3.05, 3.63) is 109 Å². The number of ether oxygens (including phenoxy) is 3. The van der Waals surface area contributed by atoms with Crippen LogP contribution >= 0.6 is 0 Å². The molecule has 4 unspecified atom stereocenters. The molecule has 45 heavy (non-hydrogen) atoms. The molecule has 0 N–H and O–H groups in total. The van der Waals surface area contributed by atoms with Crippen molar-refractivity contribution in [2.45, 2.75) is 43.9 Å². The molecule has 0 aliphatic carbocycles. The van der Waals surface area contributed by atoms with Gasteiger partial charge in [-0.15, -0.1) is 0 Å². The van der Waals surface area contributed by atoms with Crippen molar-refractivity contribution < 1.29 is 42.6 Å². The van der Waals surface area contributed by atoms with Gasteiger partial charge in [-0.05, 0) is 48.4 Å². The smallest absolute Gasteiger partial charge is 0.456 e. The molecule has 4 atom stereocenters. The Morgan fingerprint density at radius 3 is 2.02 bits per heavy atom. The van der Waals surface area contributed by atoms with E-state index in [9.17, 15) is 38.8 Å². The number of aromatic nitrogens is 2. The van der Waals surface area contributed by atoms with Crippen molar-refractivity contribution in [3.63, 3.8) is 0 Å². The fraction of sp³-hybridized carbons (Fsp3) is 0.250. The van der Waals surface area contributed by atoms with Gasteiger partial charge < -0.3 is 19.1 Å². The molecule has 1 aromatic heterocycles. The third-order valence-corrected chi connectivity index (χ3v) is 8.45. The zero-order valence-corrected chi connectivity index (χ0v) is 24.2. The molecule has 2 aliphatic rings. The molecular weight excluding hydrogens is 614 g/mol. The van der Waals surface area contributed by atoms with Crippen LogP contribution in [0.2, 0.25) is 0 Å². The van der Waals surface area contributed by atoms with Crippen LogP contribution in [0, 0.1) is 26.1 Å². The van der Waals surface area contributed by atoms with Crippen LogP contribution in [-0.4, -0.2) is 59.1 Å². The van der Waals surface area contributed by atoms with Gasteiger partial charge in [-0.2, -0.15) is 0 Å². The van der Waals surface area contributed by atoms with E-state index in [2.05, 4.69) is 9.97 Å². The number of carbonyl (C=O) groups is 3. The van der Waals surface area contributed by atoms with Crippen LogP contribution in [0.1, 0.15) is 24.5 Å². The van der Waals surface area contributed by atoms with Gasteiger partial charge in [0.05, 0.1) is 26.7 Å². The summed E-state index contributed by atoms with van der Waals surface area (Å²) in [6, 6.07) is 11.5. The highest BCUT2D eigenvalue weighted by atomic mass is 32.2. The summed E-state index contributed by atoms with van der Waals surface area (Å²) in [5, 5.41) is 21.6. The fourth-order valence-electron chi connectivity index (χ4n) is 4.91. The van der Waals surface area contributed by atoms with Gasteiger partial charge in [0.25, 0.3) is 11.4 Å². The van der Waals surface area contributed by atoms with Crippen molar-refractivity contribution >= 4 is 40.2 Å². The van der Waals surface area contributed by atoms with Gasteiger partial charge in [-0.3, -0.25) is 25.0 Å². The first kappa shape index (κ1) is 30.9. The average molecular weight is 638 g/mol.